The molecule has 0 radical (unpaired) electrons. The van der Waals surface area contributed by atoms with Gasteiger partial charge in [0, 0.05) is 5.25 Å². The van der Waals surface area contributed by atoms with Crippen molar-refractivity contribution in [3.63, 3.8) is 0 Å². The topological polar surface area (TPSA) is 0 Å². The summed E-state index contributed by atoms with van der Waals surface area (Å²) >= 11 is 2.11. The van der Waals surface area contributed by atoms with E-state index in [9.17, 15) is 0 Å². The minimum absolute atomic E-state index is 0.759. The normalized spacial score (nSPS) is 21.9. The van der Waals surface area contributed by atoms with Gasteiger partial charge in [-0.2, -0.15) is 11.8 Å². The van der Waals surface area contributed by atoms with Gasteiger partial charge in [-0.3, -0.25) is 0 Å². The standard InChI is InChI=1S/C11H14S/c1-2-11-10-6-4-3-5-9(10)7-8-12-11/h3-6,11H,2,7-8H2,1H3. The monoisotopic (exact) mass is 178 g/mol. The number of fused-ring (bicyclic) bond motifs is 1. The predicted octanol–water partition coefficient (Wildman–Crippen LogP) is 3.43. The first-order valence-corrected chi connectivity index (χ1v) is 5.66. The molecule has 1 aromatic carbocycles. The van der Waals surface area contributed by atoms with Crippen LogP contribution in [-0.2, 0) is 6.42 Å². The zero-order chi connectivity index (χ0) is 8.39. The Hall–Kier alpha value is -0.430. The van der Waals surface area contributed by atoms with Crippen molar-refractivity contribution in [2.75, 3.05) is 5.75 Å². The summed E-state index contributed by atoms with van der Waals surface area (Å²) in [6.45, 7) is 2.28. The summed E-state index contributed by atoms with van der Waals surface area (Å²) in [6, 6.07) is 8.88. The van der Waals surface area contributed by atoms with Crippen LogP contribution in [0.3, 0.4) is 0 Å². The molecule has 1 aliphatic rings. The van der Waals surface area contributed by atoms with Crippen LogP contribution in [0.2, 0.25) is 0 Å². The fourth-order valence-corrected chi connectivity index (χ4v) is 3.08. The average Bonchev–Trinajstić information content (AvgIpc) is 2.17. The summed E-state index contributed by atoms with van der Waals surface area (Å²) in [5.74, 6) is 1.30. The highest BCUT2D eigenvalue weighted by Gasteiger charge is 2.17. The lowest BCUT2D eigenvalue weighted by molar-refractivity contribution is 0.857. The molecule has 2 rings (SSSR count). The zero-order valence-corrected chi connectivity index (χ0v) is 8.23. The van der Waals surface area contributed by atoms with Crippen molar-refractivity contribution >= 4 is 11.8 Å². The average molecular weight is 178 g/mol. The van der Waals surface area contributed by atoms with Crippen molar-refractivity contribution in [2.45, 2.75) is 25.0 Å². The van der Waals surface area contributed by atoms with Gasteiger partial charge in [-0.05, 0) is 29.7 Å². The van der Waals surface area contributed by atoms with Crippen molar-refractivity contribution in [1.82, 2.24) is 0 Å². The number of benzene rings is 1. The Morgan fingerprint density at radius 1 is 1.42 bits per heavy atom. The number of aryl methyl sites for hydroxylation is 1. The molecule has 0 N–H and O–H groups in total. The van der Waals surface area contributed by atoms with Gasteiger partial charge in [-0.1, -0.05) is 31.2 Å². The molecular formula is C11H14S. The minimum atomic E-state index is 0.759. The molecule has 12 heavy (non-hydrogen) atoms. The van der Waals surface area contributed by atoms with Crippen LogP contribution in [0.15, 0.2) is 24.3 Å². The summed E-state index contributed by atoms with van der Waals surface area (Å²) in [5.41, 5.74) is 3.15. The van der Waals surface area contributed by atoms with Crippen molar-refractivity contribution in [3.05, 3.63) is 35.4 Å². The summed E-state index contributed by atoms with van der Waals surface area (Å²) in [7, 11) is 0. The van der Waals surface area contributed by atoms with Gasteiger partial charge in [-0.15, -0.1) is 0 Å². The lowest BCUT2D eigenvalue weighted by Crippen LogP contribution is -2.06. The van der Waals surface area contributed by atoms with Crippen LogP contribution in [0.25, 0.3) is 0 Å². The van der Waals surface area contributed by atoms with E-state index in [0.717, 1.165) is 5.25 Å². The first kappa shape index (κ1) is 8.18. The number of rotatable bonds is 1. The Labute approximate surface area is 78.4 Å². The Bertz CT molecular complexity index is 267. The molecule has 0 aromatic heterocycles. The van der Waals surface area contributed by atoms with Crippen molar-refractivity contribution in [3.8, 4) is 0 Å². The van der Waals surface area contributed by atoms with Gasteiger partial charge in [0.15, 0.2) is 0 Å². The second-order valence-corrected chi connectivity index (χ2v) is 4.53. The van der Waals surface area contributed by atoms with Gasteiger partial charge in [0.2, 0.25) is 0 Å². The molecule has 1 heteroatoms. The molecule has 1 heterocycles. The van der Waals surface area contributed by atoms with E-state index in [1.807, 2.05) is 0 Å². The molecule has 64 valence electrons. The molecule has 0 nitrogen and oxygen atoms in total. The number of thioether (sulfide) groups is 1. The lowest BCUT2D eigenvalue weighted by Gasteiger charge is -2.23. The van der Waals surface area contributed by atoms with E-state index in [1.165, 1.54) is 18.6 Å². The van der Waals surface area contributed by atoms with Crippen LogP contribution in [0.4, 0.5) is 0 Å². The third-order valence-electron chi connectivity index (χ3n) is 2.46. The smallest absolute Gasteiger partial charge is 0.0297 e. The van der Waals surface area contributed by atoms with Gasteiger partial charge in [0.25, 0.3) is 0 Å². The van der Waals surface area contributed by atoms with Crippen LogP contribution in [0, 0.1) is 0 Å². The fourth-order valence-electron chi connectivity index (χ4n) is 1.81. The largest absolute Gasteiger partial charge is 0.153 e. The highest BCUT2D eigenvalue weighted by Crippen LogP contribution is 2.38. The van der Waals surface area contributed by atoms with Crippen LogP contribution in [0.5, 0.6) is 0 Å². The molecule has 1 unspecified atom stereocenters. The molecule has 0 saturated heterocycles. The van der Waals surface area contributed by atoms with Gasteiger partial charge >= 0.3 is 0 Å². The Morgan fingerprint density at radius 2 is 2.25 bits per heavy atom. The maximum Gasteiger partial charge on any atom is 0.0297 e. The quantitative estimate of drug-likeness (QED) is 0.635. The van der Waals surface area contributed by atoms with Crippen LogP contribution < -0.4 is 0 Å². The van der Waals surface area contributed by atoms with Crippen molar-refractivity contribution in [2.24, 2.45) is 0 Å². The second kappa shape index (κ2) is 3.53. The third kappa shape index (κ3) is 1.38. The molecule has 1 aromatic rings. The predicted molar refractivity (Wildman–Crippen MR) is 55.6 cm³/mol. The molecule has 0 spiro atoms. The van der Waals surface area contributed by atoms with E-state index in [1.54, 1.807) is 11.1 Å². The zero-order valence-electron chi connectivity index (χ0n) is 7.42. The van der Waals surface area contributed by atoms with Gasteiger partial charge < -0.3 is 0 Å². The number of hydrogen-bond donors (Lipinski definition) is 0. The maximum atomic E-state index is 2.29. The molecule has 0 fully saturated rings. The molecule has 1 atom stereocenters. The SMILES string of the molecule is CCC1SCCc2ccccc21. The summed E-state index contributed by atoms with van der Waals surface area (Å²) in [5, 5.41) is 0.759. The van der Waals surface area contributed by atoms with E-state index < -0.39 is 0 Å². The van der Waals surface area contributed by atoms with Crippen LogP contribution >= 0.6 is 11.8 Å². The summed E-state index contributed by atoms with van der Waals surface area (Å²) < 4.78 is 0. The van der Waals surface area contributed by atoms with Crippen LogP contribution in [0.1, 0.15) is 29.7 Å². The van der Waals surface area contributed by atoms with Gasteiger partial charge in [0.1, 0.15) is 0 Å². The Kier molecular flexibility index (Phi) is 2.40. The van der Waals surface area contributed by atoms with E-state index in [0.29, 0.717) is 0 Å². The van der Waals surface area contributed by atoms with E-state index in [-0.39, 0.29) is 0 Å². The highest BCUT2D eigenvalue weighted by molar-refractivity contribution is 7.99. The van der Waals surface area contributed by atoms with Crippen LogP contribution in [-0.4, -0.2) is 5.75 Å². The maximum absolute atomic E-state index is 2.29. The molecule has 0 amide bonds. The lowest BCUT2D eigenvalue weighted by atomic mass is 10.0. The first-order chi connectivity index (χ1) is 5.92. The third-order valence-corrected chi connectivity index (χ3v) is 3.89. The van der Waals surface area contributed by atoms with E-state index in [2.05, 4.69) is 43.0 Å². The first-order valence-electron chi connectivity index (χ1n) is 4.61. The molecular weight excluding hydrogens is 164 g/mol. The van der Waals surface area contributed by atoms with E-state index >= 15 is 0 Å². The summed E-state index contributed by atoms with van der Waals surface area (Å²) in [6.07, 6.45) is 2.53. The van der Waals surface area contributed by atoms with Gasteiger partial charge in [0.05, 0.1) is 0 Å². The molecule has 0 bridgehead atoms. The van der Waals surface area contributed by atoms with Gasteiger partial charge in [-0.25, -0.2) is 0 Å². The second-order valence-electron chi connectivity index (χ2n) is 3.22. The fraction of sp³-hybridized carbons (Fsp3) is 0.455. The highest BCUT2D eigenvalue weighted by atomic mass is 32.2. The minimum Gasteiger partial charge on any atom is -0.153 e. The van der Waals surface area contributed by atoms with E-state index in [4.69, 9.17) is 0 Å². The molecule has 1 aliphatic heterocycles. The molecule has 0 aliphatic carbocycles. The van der Waals surface area contributed by atoms with Crippen molar-refractivity contribution in [1.29, 1.82) is 0 Å². The Balaban J connectivity index is 2.37. The summed E-state index contributed by atoms with van der Waals surface area (Å²) in [4.78, 5) is 0. The number of hydrogen-bond acceptors (Lipinski definition) is 1. The molecule has 0 saturated carbocycles. The Morgan fingerprint density at radius 3 is 3.08 bits per heavy atom. The van der Waals surface area contributed by atoms with Crippen molar-refractivity contribution < 1.29 is 0 Å².